The number of esters is 1. The van der Waals surface area contributed by atoms with E-state index >= 15 is 0 Å². The Kier molecular flexibility index (Phi) is 7.09. The van der Waals surface area contributed by atoms with Gasteiger partial charge in [-0.2, -0.15) is 0 Å². The highest BCUT2D eigenvalue weighted by molar-refractivity contribution is 5.90. The van der Waals surface area contributed by atoms with Gasteiger partial charge in [0.05, 0.1) is 6.61 Å². The average Bonchev–Trinajstić information content (AvgIpc) is 2.88. The van der Waals surface area contributed by atoms with Gasteiger partial charge in [-0.15, -0.1) is 0 Å². The first-order valence-electron chi connectivity index (χ1n) is 9.64. The van der Waals surface area contributed by atoms with Gasteiger partial charge in [0.25, 0.3) is 0 Å². The largest absolute Gasteiger partial charge is 0.461 e. The summed E-state index contributed by atoms with van der Waals surface area (Å²) in [5, 5.41) is 0. The molecule has 0 unspecified atom stereocenters. The van der Waals surface area contributed by atoms with E-state index in [2.05, 4.69) is 9.88 Å². The lowest BCUT2D eigenvalue weighted by Crippen LogP contribution is -2.41. The summed E-state index contributed by atoms with van der Waals surface area (Å²) in [4.78, 5) is 30.1. The Morgan fingerprint density at radius 1 is 1.16 bits per heavy atom. The minimum atomic E-state index is -0.321. The van der Waals surface area contributed by atoms with E-state index in [0.717, 1.165) is 36.1 Å². The molecule has 1 aromatic rings. The summed E-state index contributed by atoms with van der Waals surface area (Å²) in [7, 11) is 0. The van der Waals surface area contributed by atoms with Crippen molar-refractivity contribution in [2.24, 2.45) is 0 Å². The number of carbonyl (C=O) groups excluding carboxylic acids is 2. The van der Waals surface area contributed by atoms with Gasteiger partial charge >= 0.3 is 5.97 Å². The number of hydrogen-bond acceptors (Lipinski definition) is 3. The quantitative estimate of drug-likeness (QED) is 0.749. The van der Waals surface area contributed by atoms with Crippen LogP contribution in [-0.4, -0.2) is 34.4 Å². The molecule has 1 amide bonds. The normalized spacial score (nSPS) is 15.2. The fraction of sp³-hybridized carbons (Fsp3) is 0.700. The minimum Gasteiger partial charge on any atom is -0.461 e. The second-order valence-corrected chi connectivity index (χ2v) is 7.01. The molecule has 5 nitrogen and oxygen atoms in total. The number of carbonyl (C=O) groups is 2. The van der Waals surface area contributed by atoms with Gasteiger partial charge < -0.3 is 14.6 Å². The zero-order chi connectivity index (χ0) is 18.4. The van der Waals surface area contributed by atoms with Crippen molar-refractivity contribution in [3.63, 3.8) is 0 Å². The Bertz CT molecular complexity index is 600. The SMILES string of the molecule is CCCC(=O)N(Cc1c(C)[nH]c(C(=O)OCC)c1C)C1CCCCC1. The summed E-state index contributed by atoms with van der Waals surface area (Å²) in [6.07, 6.45) is 7.28. The Hall–Kier alpha value is -1.78. The van der Waals surface area contributed by atoms with Crippen LogP contribution in [0.5, 0.6) is 0 Å². The number of hydrogen-bond donors (Lipinski definition) is 1. The molecule has 0 saturated heterocycles. The maximum atomic E-state index is 12.7. The molecule has 0 aromatic carbocycles. The maximum absolute atomic E-state index is 12.7. The molecule has 0 atom stereocenters. The van der Waals surface area contributed by atoms with Crippen molar-refractivity contribution in [2.75, 3.05) is 6.61 Å². The zero-order valence-electron chi connectivity index (χ0n) is 16.1. The number of aromatic nitrogens is 1. The van der Waals surface area contributed by atoms with Crippen LogP contribution in [0.25, 0.3) is 0 Å². The lowest BCUT2D eigenvalue weighted by Gasteiger charge is -2.35. The second-order valence-electron chi connectivity index (χ2n) is 7.01. The third-order valence-electron chi connectivity index (χ3n) is 5.20. The summed E-state index contributed by atoms with van der Waals surface area (Å²) in [5.74, 6) is -0.0921. The predicted molar refractivity (Wildman–Crippen MR) is 98.6 cm³/mol. The van der Waals surface area contributed by atoms with Crippen LogP contribution in [0.2, 0.25) is 0 Å². The van der Waals surface area contributed by atoms with Crippen molar-refractivity contribution < 1.29 is 14.3 Å². The summed E-state index contributed by atoms with van der Waals surface area (Å²) in [5.41, 5.74) is 3.42. The highest BCUT2D eigenvalue weighted by Crippen LogP contribution is 2.27. The molecule has 5 heteroatoms. The fourth-order valence-electron chi connectivity index (χ4n) is 3.77. The van der Waals surface area contributed by atoms with Gasteiger partial charge in [0.1, 0.15) is 5.69 Å². The summed E-state index contributed by atoms with van der Waals surface area (Å²) >= 11 is 0. The highest BCUT2D eigenvalue weighted by Gasteiger charge is 2.27. The van der Waals surface area contributed by atoms with Crippen LogP contribution in [0.4, 0.5) is 0 Å². The van der Waals surface area contributed by atoms with Crippen LogP contribution in [0.3, 0.4) is 0 Å². The van der Waals surface area contributed by atoms with Crippen LogP contribution < -0.4 is 0 Å². The van der Waals surface area contributed by atoms with E-state index in [4.69, 9.17) is 4.74 Å². The van der Waals surface area contributed by atoms with Crippen molar-refractivity contribution in [2.45, 2.75) is 85.2 Å². The number of ether oxygens (including phenoxy) is 1. The number of rotatable bonds is 7. The predicted octanol–water partition coefficient (Wildman–Crippen LogP) is 4.27. The number of H-pyrrole nitrogens is 1. The number of amides is 1. The van der Waals surface area contributed by atoms with Gasteiger partial charge in [0, 0.05) is 24.7 Å². The number of aromatic amines is 1. The van der Waals surface area contributed by atoms with E-state index < -0.39 is 0 Å². The van der Waals surface area contributed by atoms with Crippen molar-refractivity contribution in [1.29, 1.82) is 0 Å². The highest BCUT2D eigenvalue weighted by atomic mass is 16.5. The van der Waals surface area contributed by atoms with E-state index in [1.165, 1.54) is 19.3 Å². The molecule has 0 spiro atoms. The molecular weight excluding hydrogens is 316 g/mol. The standard InChI is InChI=1S/C20H32N2O3/c1-5-10-18(23)22(16-11-8-7-9-12-16)13-17-14(3)19(21-15(17)4)20(24)25-6-2/h16,21H,5-13H2,1-4H3. The maximum Gasteiger partial charge on any atom is 0.355 e. The zero-order valence-corrected chi connectivity index (χ0v) is 16.1. The lowest BCUT2D eigenvalue weighted by molar-refractivity contribution is -0.135. The number of aryl methyl sites for hydroxylation is 1. The van der Waals surface area contributed by atoms with E-state index in [1.54, 1.807) is 6.92 Å². The number of nitrogens with zero attached hydrogens (tertiary/aromatic N) is 1. The van der Waals surface area contributed by atoms with Crippen LogP contribution >= 0.6 is 0 Å². The Morgan fingerprint density at radius 2 is 1.84 bits per heavy atom. The molecule has 1 aromatic heterocycles. The van der Waals surface area contributed by atoms with Gasteiger partial charge in [-0.25, -0.2) is 4.79 Å². The first-order chi connectivity index (χ1) is 12.0. The van der Waals surface area contributed by atoms with E-state index in [1.807, 2.05) is 20.8 Å². The van der Waals surface area contributed by atoms with Crippen molar-refractivity contribution >= 4 is 11.9 Å². The number of nitrogens with one attached hydrogen (secondary N) is 1. The minimum absolute atomic E-state index is 0.229. The van der Waals surface area contributed by atoms with E-state index in [9.17, 15) is 9.59 Å². The molecule has 1 N–H and O–H groups in total. The van der Waals surface area contributed by atoms with E-state index in [0.29, 0.717) is 31.3 Å². The molecule has 140 valence electrons. The van der Waals surface area contributed by atoms with Gasteiger partial charge in [0.2, 0.25) is 5.91 Å². The molecular formula is C20H32N2O3. The molecule has 0 bridgehead atoms. The first-order valence-corrected chi connectivity index (χ1v) is 9.64. The lowest BCUT2D eigenvalue weighted by atomic mass is 9.93. The van der Waals surface area contributed by atoms with Gasteiger partial charge in [-0.05, 0) is 51.2 Å². The molecule has 25 heavy (non-hydrogen) atoms. The Balaban J connectivity index is 2.25. The third kappa shape index (κ3) is 4.65. The topological polar surface area (TPSA) is 62.4 Å². The van der Waals surface area contributed by atoms with E-state index in [-0.39, 0.29) is 11.9 Å². The second kappa shape index (κ2) is 9.07. The Labute approximate surface area is 151 Å². The van der Waals surface area contributed by atoms with Crippen LogP contribution in [0.1, 0.15) is 86.1 Å². The Morgan fingerprint density at radius 3 is 2.44 bits per heavy atom. The van der Waals surface area contributed by atoms with Crippen molar-refractivity contribution in [1.82, 2.24) is 9.88 Å². The molecule has 1 aliphatic rings. The summed E-state index contributed by atoms with van der Waals surface area (Å²) in [6, 6.07) is 0.326. The van der Waals surface area contributed by atoms with Crippen LogP contribution in [0, 0.1) is 13.8 Å². The first kappa shape index (κ1) is 19.5. The smallest absolute Gasteiger partial charge is 0.355 e. The third-order valence-corrected chi connectivity index (χ3v) is 5.20. The van der Waals surface area contributed by atoms with Gasteiger partial charge in [-0.1, -0.05) is 26.2 Å². The summed E-state index contributed by atoms with van der Waals surface area (Å²) < 4.78 is 5.13. The molecule has 1 fully saturated rings. The summed E-state index contributed by atoms with van der Waals surface area (Å²) in [6.45, 7) is 8.69. The molecule has 0 radical (unpaired) electrons. The fourth-order valence-corrected chi connectivity index (χ4v) is 3.77. The molecule has 1 aliphatic carbocycles. The molecule has 1 heterocycles. The van der Waals surface area contributed by atoms with Crippen molar-refractivity contribution in [3.8, 4) is 0 Å². The molecule has 2 rings (SSSR count). The van der Waals surface area contributed by atoms with Gasteiger partial charge in [0.15, 0.2) is 0 Å². The van der Waals surface area contributed by atoms with Gasteiger partial charge in [-0.3, -0.25) is 4.79 Å². The van der Waals surface area contributed by atoms with Crippen molar-refractivity contribution in [3.05, 3.63) is 22.5 Å². The van der Waals surface area contributed by atoms with Crippen LogP contribution in [0.15, 0.2) is 0 Å². The molecule has 1 saturated carbocycles. The van der Waals surface area contributed by atoms with Crippen LogP contribution in [-0.2, 0) is 16.1 Å². The average molecular weight is 348 g/mol. The molecule has 0 aliphatic heterocycles. The monoisotopic (exact) mass is 348 g/mol.